The molecule has 21 heavy (non-hydrogen) atoms. The number of phenols is 1. The summed E-state index contributed by atoms with van der Waals surface area (Å²) in [6.07, 6.45) is 0.755. The molecule has 0 saturated heterocycles. The van der Waals surface area contributed by atoms with Crippen LogP contribution in [-0.4, -0.2) is 36.1 Å². The van der Waals surface area contributed by atoms with Gasteiger partial charge in [0.05, 0.1) is 5.69 Å². The Morgan fingerprint density at radius 1 is 1.43 bits per heavy atom. The van der Waals surface area contributed by atoms with Gasteiger partial charge in [-0.2, -0.15) is 0 Å². The maximum absolute atomic E-state index is 12.4. The van der Waals surface area contributed by atoms with Crippen molar-refractivity contribution < 1.29 is 19.4 Å². The number of amides is 2. The van der Waals surface area contributed by atoms with E-state index >= 15 is 0 Å². The predicted octanol–water partition coefficient (Wildman–Crippen LogP) is 1.42. The van der Waals surface area contributed by atoms with E-state index in [4.69, 9.17) is 4.74 Å². The van der Waals surface area contributed by atoms with Crippen LogP contribution in [0.3, 0.4) is 0 Å². The lowest BCUT2D eigenvalue weighted by Gasteiger charge is -2.33. The van der Waals surface area contributed by atoms with E-state index in [1.54, 1.807) is 6.07 Å². The highest BCUT2D eigenvalue weighted by molar-refractivity contribution is 6.04. The molecule has 0 aromatic heterocycles. The number of nitrogens with one attached hydrogen (secondary N) is 1. The third-order valence-electron chi connectivity index (χ3n) is 3.29. The highest BCUT2D eigenvalue weighted by Gasteiger charge is 2.34. The Bertz CT molecular complexity index is 544. The molecule has 1 aliphatic heterocycles. The molecule has 0 fully saturated rings. The van der Waals surface area contributed by atoms with E-state index in [9.17, 15) is 14.7 Å². The maximum atomic E-state index is 12.4. The Morgan fingerprint density at radius 2 is 2.19 bits per heavy atom. The van der Waals surface area contributed by atoms with Crippen LogP contribution >= 0.6 is 0 Å². The van der Waals surface area contributed by atoms with Gasteiger partial charge in [0.15, 0.2) is 6.10 Å². The van der Waals surface area contributed by atoms with Gasteiger partial charge in [0.1, 0.15) is 18.0 Å². The monoisotopic (exact) mass is 292 g/mol. The van der Waals surface area contributed by atoms with Gasteiger partial charge in [-0.3, -0.25) is 14.5 Å². The molecule has 1 atom stereocenters. The lowest BCUT2D eigenvalue weighted by Crippen LogP contribution is -2.49. The molecule has 6 heteroatoms. The van der Waals surface area contributed by atoms with Crippen LogP contribution in [0.25, 0.3) is 0 Å². The van der Waals surface area contributed by atoms with Crippen LogP contribution in [-0.2, 0) is 9.59 Å². The minimum absolute atomic E-state index is 0.0269. The molecule has 1 unspecified atom stereocenters. The fourth-order valence-corrected chi connectivity index (χ4v) is 2.20. The Kier molecular flexibility index (Phi) is 4.67. The highest BCUT2D eigenvalue weighted by atomic mass is 16.5. The first-order chi connectivity index (χ1) is 10.1. The first-order valence-electron chi connectivity index (χ1n) is 7.14. The van der Waals surface area contributed by atoms with Gasteiger partial charge in [-0.1, -0.05) is 13.8 Å². The van der Waals surface area contributed by atoms with Crippen LogP contribution < -0.4 is 15.0 Å². The number of carbonyl (C=O) groups is 2. The molecule has 2 amide bonds. The Labute approximate surface area is 123 Å². The number of fused-ring (bicyclic) bond motifs is 1. The van der Waals surface area contributed by atoms with E-state index in [0.29, 0.717) is 24.4 Å². The minimum Gasteiger partial charge on any atom is -0.508 e. The van der Waals surface area contributed by atoms with Gasteiger partial charge in [0, 0.05) is 12.6 Å². The number of phenolic OH excluding ortho intramolecular Hbond substituents is 1. The normalized spacial score (nSPS) is 17.1. The van der Waals surface area contributed by atoms with Crippen LogP contribution in [0.2, 0.25) is 0 Å². The van der Waals surface area contributed by atoms with Crippen LogP contribution in [0.4, 0.5) is 5.69 Å². The highest BCUT2D eigenvalue weighted by Crippen LogP contribution is 2.37. The molecule has 114 valence electrons. The molecular weight excluding hydrogens is 272 g/mol. The van der Waals surface area contributed by atoms with Crippen molar-refractivity contribution in [1.82, 2.24) is 5.32 Å². The summed E-state index contributed by atoms with van der Waals surface area (Å²) in [6.45, 7) is 4.31. The standard InChI is InChI=1S/C15H20N2O4/c1-3-7-16-14(19)9-17-11-8-10(18)5-6-13(11)21-12(4-2)15(17)20/h5-6,8,12,18H,3-4,7,9H2,1-2H3,(H,16,19). The van der Waals surface area contributed by atoms with Crippen molar-refractivity contribution >= 4 is 17.5 Å². The molecule has 1 aromatic rings. The van der Waals surface area contributed by atoms with Crippen molar-refractivity contribution in [2.45, 2.75) is 32.8 Å². The SMILES string of the molecule is CCCNC(=O)CN1C(=O)C(CC)Oc2ccc(O)cc21. The number of hydrogen-bond acceptors (Lipinski definition) is 4. The molecule has 0 spiro atoms. The predicted molar refractivity (Wildman–Crippen MR) is 78.5 cm³/mol. The van der Waals surface area contributed by atoms with Gasteiger partial charge in [-0.25, -0.2) is 0 Å². The number of hydrogen-bond donors (Lipinski definition) is 2. The van der Waals surface area contributed by atoms with Crippen molar-refractivity contribution in [3.8, 4) is 11.5 Å². The topological polar surface area (TPSA) is 78.9 Å². The number of nitrogens with zero attached hydrogens (tertiary/aromatic N) is 1. The van der Waals surface area contributed by atoms with Crippen LogP contribution in [0.15, 0.2) is 18.2 Å². The summed E-state index contributed by atoms with van der Waals surface area (Å²) in [5, 5.41) is 12.3. The van der Waals surface area contributed by atoms with E-state index in [2.05, 4.69) is 5.32 Å². The van der Waals surface area contributed by atoms with Crippen molar-refractivity contribution in [3.63, 3.8) is 0 Å². The van der Waals surface area contributed by atoms with Gasteiger partial charge in [0.2, 0.25) is 5.91 Å². The lowest BCUT2D eigenvalue weighted by molar-refractivity contribution is -0.129. The molecule has 2 N–H and O–H groups in total. The van der Waals surface area contributed by atoms with Gasteiger partial charge in [0.25, 0.3) is 5.91 Å². The lowest BCUT2D eigenvalue weighted by atomic mass is 10.1. The van der Waals surface area contributed by atoms with E-state index in [0.717, 1.165) is 6.42 Å². The third-order valence-corrected chi connectivity index (χ3v) is 3.29. The quantitative estimate of drug-likeness (QED) is 0.860. The van der Waals surface area contributed by atoms with E-state index < -0.39 is 6.10 Å². The number of benzene rings is 1. The number of anilines is 1. The molecule has 6 nitrogen and oxygen atoms in total. The smallest absolute Gasteiger partial charge is 0.268 e. The first-order valence-corrected chi connectivity index (χ1v) is 7.14. The first kappa shape index (κ1) is 15.2. The van der Waals surface area contributed by atoms with Crippen LogP contribution in [0, 0.1) is 0 Å². The summed E-state index contributed by atoms with van der Waals surface area (Å²) in [7, 11) is 0. The van der Waals surface area contributed by atoms with Crippen LogP contribution in [0.5, 0.6) is 11.5 Å². The van der Waals surface area contributed by atoms with Crippen molar-refractivity contribution in [1.29, 1.82) is 0 Å². The van der Waals surface area contributed by atoms with E-state index in [1.165, 1.54) is 17.0 Å². The van der Waals surface area contributed by atoms with Crippen molar-refractivity contribution in [2.75, 3.05) is 18.0 Å². The van der Waals surface area contributed by atoms with Gasteiger partial charge >= 0.3 is 0 Å². The largest absolute Gasteiger partial charge is 0.508 e. The summed E-state index contributed by atoms with van der Waals surface area (Å²) in [5.74, 6) is 0.0418. The fourth-order valence-electron chi connectivity index (χ4n) is 2.20. The second-order valence-electron chi connectivity index (χ2n) is 4.94. The van der Waals surface area contributed by atoms with Crippen LogP contribution in [0.1, 0.15) is 26.7 Å². The zero-order valence-corrected chi connectivity index (χ0v) is 12.3. The fraction of sp³-hybridized carbons (Fsp3) is 0.467. The average Bonchev–Trinajstić information content (AvgIpc) is 2.48. The summed E-state index contributed by atoms with van der Waals surface area (Å²) in [6, 6.07) is 4.54. The number of rotatable bonds is 5. The Balaban J connectivity index is 2.26. The molecule has 0 bridgehead atoms. The molecule has 0 aliphatic carbocycles. The number of aromatic hydroxyl groups is 1. The second kappa shape index (κ2) is 6.47. The zero-order chi connectivity index (χ0) is 15.4. The minimum atomic E-state index is -0.596. The van der Waals surface area contributed by atoms with Crippen molar-refractivity contribution in [3.05, 3.63) is 18.2 Å². The second-order valence-corrected chi connectivity index (χ2v) is 4.94. The molecule has 1 aliphatic rings. The van der Waals surface area contributed by atoms with E-state index in [-0.39, 0.29) is 24.1 Å². The molecular formula is C15H20N2O4. The zero-order valence-electron chi connectivity index (χ0n) is 12.3. The van der Waals surface area contributed by atoms with Crippen molar-refractivity contribution in [2.24, 2.45) is 0 Å². The molecule has 1 heterocycles. The Hall–Kier alpha value is -2.24. The van der Waals surface area contributed by atoms with Gasteiger partial charge in [-0.05, 0) is 25.0 Å². The maximum Gasteiger partial charge on any atom is 0.268 e. The summed E-state index contributed by atoms with van der Waals surface area (Å²) in [4.78, 5) is 25.6. The number of carbonyl (C=O) groups excluding carboxylic acids is 2. The summed E-state index contributed by atoms with van der Waals surface area (Å²) >= 11 is 0. The average molecular weight is 292 g/mol. The summed E-state index contributed by atoms with van der Waals surface area (Å²) in [5.41, 5.74) is 0.427. The number of ether oxygens (including phenoxy) is 1. The Morgan fingerprint density at radius 3 is 2.86 bits per heavy atom. The molecule has 0 radical (unpaired) electrons. The van der Waals surface area contributed by atoms with E-state index in [1.807, 2.05) is 13.8 Å². The third kappa shape index (κ3) is 3.26. The molecule has 0 saturated carbocycles. The molecule has 1 aromatic carbocycles. The summed E-state index contributed by atoms with van der Waals surface area (Å²) < 4.78 is 5.61. The van der Waals surface area contributed by atoms with Gasteiger partial charge < -0.3 is 15.2 Å². The molecule has 2 rings (SSSR count). The van der Waals surface area contributed by atoms with Gasteiger partial charge in [-0.15, -0.1) is 0 Å².